The molecule has 0 amide bonds. The van der Waals surface area contributed by atoms with Gasteiger partial charge in [-0.15, -0.1) is 23.1 Å². The van der Waals surface area contributed by atoms with E-state index in [1.165, 1.54) is 46.3 Å². The number of aryl methyl sites for hydroxylation is 3. The summed E-state index contributed by atoms with van der Waals surface area (Å²) in [6.07, 6.45) is 6.25. The second kappa shape index (κ2) is 6.43. The largest absolute Gasteiger partial charge is 0.355 e. The van der Waals surface area contributed by atoms with E-state index in [9.17, 15) is 0 Å². The van der Waals surface area contributed by atoms with Gasteiger partial charge < -0.3 is 9.47 Å². The van der Waals surface area contributed by atoms with Crippen molar-refractivity contribution in [2.75, 3.05) is 19.2 Å². The Hall–Kier alpha value is -0.690. The summed E-state index contributed by atoms with van der Waals surface area (Å²) in [5.41, 5.74) is 1.52. The van der Waals surface area contributed by atoms with Crippen molar-refractivity contribution in [1.82, 2.24) is 9.97 Å². The lowest BCUT2D eigenvalue weighted by molar-refractivity contribution is -0.130. The van der Waals surface area contributed by atoms with Crippen LogP contribution < -0.4 is 0 Å². The Labute approximate surface area is 138 Å². The number of rotatable bonds is 3. The normalized spacial score (nSPS) is 22.0. The SMILES string of the molecule is Cc1nc(SC[C@H]2CCOCO2)c2c3c(sc2n1)CCCC3. The minimum absolute atomic E-state index is 0.276. The number of hydrogen-bond acceptors (Lipinski definition) is 6. The molecule has 2 aliphatic rings. The fraction of sp³-hybridized carbons (Fsp3) is 0.625. The van der Waals surface area contributed by atoms with E-state index in [1.54, 1.807) is 0 Å². The molecule has 2 aromatic heterocycles. The van der Waals surface area contributed by atoms with Gasteiger partial charge in [0, 0.05) is 16.0 Å². The topological polar surface area (TPSA) is 44.2 Å². The molecule has 22 heavy (non-hydrogen) atoms. The number of thiophene rings is 1. The smallest absolute Gasteiger partial charge is 0.147 e. The zero-order chi connectivity index (χ0) is 14.9. The van der Waals surface area contributed by atoms with Crippen LogP contribution in [0.2, 0.25) is 0 Å². The first kappa shape index (κ1) is 14.9. The van der Waals surface area contributed by atoms with Gasteiger partial charge in [0.25, 0.3) is 0 Å². The summed E-state index contributed by atoms with van der Waals surface area (Å²) < 4.78 is 10.9. The van der Waals surface area contributed by atoms with E-state index in [0.29, 0.717) is 6.79 Å². The molecule has 1 aliphatic heterocycles. The molecule has 0 unspecified atom stereocenters. The van der Waals surface area contributed by atoms with Crippen LogP contribution in [0.4, 0.5) is 0 Å². The standard InChI is InChI=1S/C16H20N2O2S2/c1-10-17-15(21-8-11-6-7-19-9-20-11)14-12-4-2-3-5-13(12)22-16(14)18-10/h11H,2-9H2,1H3/t11-/m1/s1. The molecule has 6 heteroatoms. The first-order valence-electron chi connectivity index (χ1n) is 7.92. The summed E-state index contributed by atoms with van der Waals surface area (Å²) in [7, 11) is 0. The minimum Gasteiger partial charge on any atom is -0.355 e. The quantitative estimate of drug-likeness (QED) is 0.631. The van der Waals surface area contributed by atoms with Gasteiger partial charge >= 0.3 is 0 Å². The highest BCUT2D eigenvalue weighted by atomic mass is 32.2. The highest BCUT2D eigenvalue weighted by Crippen LogP contribution is 2.39. The van der Waals surface area contributed by atoms with Crippen LogP contribution in [0.15, 0.2) is 5.03 Å². The number of fused-ring (bicyclic) bond motifs is 3. The predicted octanol–water partition coefficient (Wildman–Crippen LogP) is 3.73. The number of nitrogens with zero attached hydrogens (tertiary/aromatic N) is 2. The van der Waals surface area contributed by atoms with Crippen LogP contribution in [-0.2, 0) is 22.3 Å². The van der Waals surface area contributed by atoms with Crippen molar-refractivity contribution >= 4 is 33.3 Å². The van der Waals surface area contributed by atoms with Gasteiger partial charge in [-0.1, -0.05) is 0 Å². The Kier molecular flexibility index (Phi) is 4.35. The second-order valence-electron chi connectivity index (χ2n) is 5.88. The molecule has 2 aromatic rings. The maximum atomic E-state index is 5.65. The molecule has 1 aliphatic carbocycles. The van der Waals surface area contributed by atoms with Crippen LogP contribution in [0.25, 0.3) is 10.2 Å². The maximum absolute atomic E-state index is 5.65. The van der Waals surface area contributed by atoms with Crippen molar-refractivity contribution < 1.29 is 9.47 Å². The third-order valence-electron chi connectivity index (χ3n) is 4.27. The van der Waals surface area contributed by atoms with E-state index in [2.05, 4.69) is 4.98 Å². The molecule has 3 heterocycles. The minimum atomic E-state index is 0.276. The van der Waals surface area contributed by atoms with Crippen LogP contribution in [-0.4, -0.2) is 35.2 Å². The van der Waals surface area contributed by atoms with E-state index in [4.69, 9.17) is 14.5 Å². The predicted molar refractivity (Wildman–Crippen MR) is 89.8 cm³/mol. The molecule has 4 nitrogen and oxygen atoms in total. The van der Waals surface area contributed by atoms with Crippen molar-refractivity contribution in [2.45, 2.75) is 50.2 Å². The molecule has 1 fully saturated rings. The molecule has 1 saturated heterocycles. The highest BCUT2D eigenvalue weighted by molar-refractivity contribution is 7.99. The monoisotopic (exact) mass is 336 g/mol. The Bertz CT molecular complexity index is 680. The van der Waals surface area contributed by atoms with E-state index >= 15 is 0 Å². The third-order valence-corrected chi connectivity index (χ3v) is 6.56. The number of thioether (sulfide) groups is 1. The molecule has 0 N–H and O–H groups in total. The summed E-state index contributed by atoms with van der Waals surface area (Å²) in [4.78, 5) is 12.1. The number of aromatic nitrogens is 2. The van der Waals surface area contributed by atoms with Crippen LogP contribution in [0.5, 0.6) is 0 Å². The van der Waals surface area contributed by atoms with Gasteiger partial charge in [-0.25, -0.2) is 9.97 Å². The Morgan fingerprint density at radius 2 is 2.18 bits per heavy atom. The first-order chi connectivity index (χ1) is 10.8. The van der Waals surface area contributed by atoms with Gasteiger partial charge in [-0.3, -0.25) is 0 Å². The zero-order valence-corrected chi connectivity index (χ0v) is 14.4. The van der Waals surface area contributed by atoms with Crippen molar-refractivity contribution in [2.24, 2.45) is 0 Å². The van der Waals surface area contributed by atoms with Crippen LogP contribution in [0.1, 0.15) is 35.5 Å². The van der Waals surface area contributed by atoms with Gasteiger partial charge in [0.1, 0.15) is 22.5 Å². The molecule has 0 saturated carbocycles. The summed E-state index contributed by atoms with van der Waals surface area (Å²) >= 11 is 3.70. The lowest BCUT2D eigenvalue weighted by atomic mass is 9.97. The van der Waals surface area contributed by atoms with Crippen LogP contribution >= 0.6 is 23.1 Å². The molecule has 118 valence electrons. The molecule has 4 rings (SSSR count). The summed E-state index contributed by atoms with van der Waals surface area (Å²) in [6.45, 7) is 3.22. The molecule has 0 radical (unpaired) electrons. The van der Waals surface area contributed by atoms with E-state index in [0.717, 1.165) is 29.6 Å². The first-order valence-corrected chi connectivity index (χ1v) is 9.72. The molecule has 0 bridgehead atoms. The lowest BCUT2D eigenvalue weighted by Gasteiger charge is -2.22. The average Bonchev–Trinajstić information content (AvgIpc) is 2.91. The van der Waals surface area contributed by atoms with Gasteiger partial charge in [-0.2, -0.15) is 0 Å². The molecule has 1 atom stereocenters. The fourth-order valence-corrected chi connectivity index (χ4v) is 5.67. The Balaban J connectivity index is 1.65. The van der Waals surface area contributed by atoms with Gasteiger partial charge in [-0.05, 0) is 44.6 Å². The highest BCUT2D eigenvalue weighted by Gasteiger charge is 2.22. The molecular weight excluding hydrogens is 316 g/mol. The van der Waals surface area contributed by atoms with Crippen molar-refractivity contribution in [3.8, 4) is 0 Å². The molecular formula is C16H20N2O2S2. The van der Waals surface area contributed by atoms with Gasteiger partial charge in [0.15, 0.2) is 0 Å². The van der Waals surface area contributed by atoms with Crippen molar-refractivity contribution in [1.29, 1.82) is 0 Å². The maximum Gasteiger partial charge on any atom is 0.147 e. The van der Waals surface area contributed by atoms with E-state index < -0.39 is 0 Å². The second-order valence-corrected chi connectivity index (χ2v) is 7.97. The van der Waals surface area contributed by atoms with Crippen molar-refractivity contribution in [3.05, 3.63) is 16.3 Å². The third kappa shape index (κ3) is 2.89. The fourth-order valence-electron chi connectivity index (χ4n) is 3.13. The number of ether oxygens (including phenoxy) is 2. The summed E-state index contributed by atoms with van der Waals surface area (Å²) in [5.74, 6) is 1.82. The van der Waals surface area contributed by atoms with Gasteiger partial charge in [0.05, 0.1) is 12.7 Å². The molecule has 0 spiro atoms. The Morgan fingerprint density at radius 1 is 1.27 bits per heavy atom. The summed E-state index contributed by atoms with van der Waals surface area (Å²) in [6, 6.07) is 0. The van der Waals surface area contributed by atoms with Crippen molar-refractivity contribution in [3.63, 3.8) is 0 Å². The average molecular weight is 336 g/mol. The number of hydrogen-bond donors (Lipinski definition) is 0. The van der Waals surface area contributed by atoms with Crippen LogP contribution in [0.3, 0.4) is 0 Å². The van der Waals surface area contributed by atoms with Gasteiger partial charge in [0.2, 0.25) is 0 Å². The Morgan fingerprint density at radius 3 is 3.05 bits per heavy atom. The van der Waals surface area contributed by atoms with Crippen LogP contribution in [0, 0.1) is 6.92 Å². The van der Waals surface area contributed by atoms with E-state index in [1.807, 2.05) is 30.0 Å². The molecule has 0 aromatic carbocycles. The lowest BCUT2D eigenvalue weighted by Crippen LogP contribution is -2.25. The van der Waals surface area contributed by atoms with E-state index in [-0.39, 0.29) is 6.10 Å². The zero-order valence-electron chi connectivity index (χ0n) is 12.8. The summed E-state index contributed by atoms with van der Waals surface area (Å²) in [5, 5.41) is 2.47.